The van der Waals surface area contributed by atoms with Gasteiger partial charge in [-0.05, 0) is 50.3 Å². The van der Waals surface area contributed by atoms with Gasteiger partial charge >= 0.3 is 0 Å². The van der Waals surface area contributed by atoms with Crippen molar-refractivity contribution in [3.8, 4) is 0 Å². The third-order valence-corrected chi connectivity index (χ3v) is 6.00. The SMILES string of the molecule is C=C(NC[C@@H](NC(=O)CN(C)C)c1ccccc1)[C@@H]1C[C@H](C)CC[C@H]1C(C)C. The highest BCUT2D eigenvalue weighted by Crippen LogP contribution is 2.40. The molecule has 4 heteroatoms. The molecule has 28 heavy (non-hydrogen) atoms. The Balaban J connectivity index is 2.04. The zero-order valence-electron chi connectivity index (χ0n) is 18.4. The predicted molar refractivity (Wildman–Crippen MR) is 118 cm³/mol. The molecule has 1 aromatic rings. The van der Waals surface area contributed by atoms with E-state index in [0.29, 0.717) is 30.8 Å². The van der Waals surface area contributed by atoms with Gasteiger partial charge in [0.2, 0.25) is 5.91 Å². The third kappa shape index (κ3) is 6.66. The quantitative estimate of drug-likeness (QED) is 0.669. The molecule has 2 rings (SSSR count). The molecule has 0 heterocycles. The molecule has 0 spiro atoms. The summed E-state index contributed by atoms with van der Waals surface area (Å²) in [5, 5.41) is 6.77. The molecule has 156 valence electrons. The van der Waals surface area contributed by atoms with Gasteiger partial charge in [-0.3, -0.25) is 4.79 Å². The van der Waals surface area contributed by atoms with E-state index in [2.05, 4.69) is 50.1 Å². The largest absolute Gasteiger partial charge is 0.386 e. The minimum Gasteiger partial charge on any atom is -0.386 e. The summed E-state index contributed by atoms with van der Waals surface area (Å²) in [5.41, 5.74) is 2.25. The molecule has 1 amide bonds. The first-order valence-corrected chi connectivity index (χ1v) is 10.7. The lowest BCUT2D eigenvalue weighted by atomic mass is 9.69. The summed E-state index contributed by atoms with van der Waals surface area (Å²) in [6.45, 7) is 12.5. The van der Waals surface area contributed by atoms with Gasteiger partial charge in [-0.25, -0.2) is 0 Å². The number of likely N-dealkylation sites (N-methyl/N-ethyl adjacent to an activating group) is 1. The van der Waals surface area contributed by atoms with E-state index in [9.17, 15) is 4.79 Å². The Labute approximate surface area is 171 Å². The van der Waals surface area contributed by atoms with Crippen molar-refractivity contribution < 1.29 is 4.79 Å². The predicted octanol–water partition coefficient (Wildman–Crippen LogP) is 4.22. The number of amides is 1. The topological polar surface area (TPSA) is 44.4 Å². The van der Waals surface area contributed by atoms with Crippen molar-refractivity contribution in [3.05, 3.63) is 48.2 Å². The standard InChI is InChI=1S/C24H39N3O/c1-17(2)21-13-12-18(3)14-22(21)19(4)25-15-23(20-10-8-7-9-11-20)26-24(28)16-27(5)6/h7-11,17-18,21-23,25H,4,12-16H2,1-3,5-6H3,(H,26,28)/t18-,21+,22+,23-/m1/s1. The van der Waals surface area contributed by atoms with Crippen LogP contribution < -0.4 is 10.6 Å². The van der Waals surface area contributed by atoms with Gasteiger partial charge in [-0.2, -0.15) is 0 Å². The molecule has 1 fully saturated rings. The number of nitrogens with one attached hydrogen (secondary N) is 2. The molecule has 1 aliphatic rings. The normalized spacial score (nSPS) is 23.5. The number of nitrogens with zero attached hydrogens (tertiary/aromatic N) is 1. The first kappa shape index (κ1) is 22.5. The van der Waals surface area contributed by atoms with E-state index < -0.39 is 0 Å². The fraction of sp³-hybridized carbons (Fsp3) is 0.625. The van der Waals surface area contributed by atoms with Gasteiger partial charge in [0.25, 0.3) is 0 Å². The summed E-state index contributed by atoms with van der Waals surface area (Å²) in [6, 6.07) is 10.1. The van der Waals surface area contributed by atoms with Crippen LogP contribution in [0.15, 0.2) is 42.6 Å². The Morgan fingerprint density at radius 1 is 1.21 bits per heavy atom. The Bertz CT molecular complexity index is 626. The highest BCUT2D eigenvalue weighted by atomic mass is 16.2. The molecule has 0 bridgehead atoms. The van der Waals surface area contributed by atoms with Crippen LogP contribution in [0.3, 0.4) is 0 Å². The van der Waals surface area contributed by atoms with E-state index in [1.165, 1.54) is 19.3 Å². The van der Waals surface area contributed by atoms with Crippen LogP contribution in [0, 0.1) is 23.7 Å². The Morgan fingerprint density at radius 2 is 1.89 bits per heavy atom. The Kier molecular flexibility index (Phi) is 8.56. The van der Waals surface area contributed by atoms with Crippen molar-refractivity contribution in [3.63, 3.8) is 0 Å². The van der Waals surface area contributed by atoms with E-state index in [4.69, 9.17) is 0 Å². The average Bonchev–Trinajstić information content (AvgIpc) is 2.64. The molecule has 4 atom stereocenters. The number of benzene rings is 1. The summed E-state index contributed by atoms with van der Waals surface area (Å²) in [6.07, 6.45) is 3.81. The average molecular weight is 386 g/mol. The van der Waals surface area contributed by atoms with Crippen molar-refractivity contribution >= 4 is 5.91 Å². The molecule has 0 saturated heterocycles. The van der Waals surface area contributed by atoms with Crippen LogP contribution in [0.1, 0.15) is 51.6 Å². The lowest BCUT2D eigenvalue weighted by molar-refractivity contribution is -0.122. The van der Waals surface area contributed by atoms with E-state index in [1.54, 1.807) is 0 Å². The van der Waals surface area contributed by atoms with Crippen molar-refractivity contribution in [1.82, 2.24) is 15.5 Å². The highest BCUT2D eigenvalue weighted by Gasteiger charge is 2.32. The van der Waals surface area contributed by atoms with Gasteiger partial charge in [-0.1, -0.05) is 64.1 Å². The van der Waals surface area contributed by atoms with Gasteiger partial charge < -0.3 is 15.5 Å². The third-order valence-electron chi connectivity index (χ3n) is 6.00. The second-order valence-electron chi connectivity index (χ2n) is 9.11. The maximum absolute atomic E-state index is 12.4. The maximum atomic E-state index is 12.4. The minimum absolute atomic E-state index is 0.0395. The molecule has 0 unspecified atom stereocenters. The number of allylic oxidation sites excluding steroid dienone is 1. The lowest BCUT2D eigenvalue weighted by Crippen LogP contribution is -2.41. The van der Waals surface area contributed by atoms with Crippen LogP contribution in [0.25, 0.3) is 0 Å². The number of hydrogen-bond acceptors (Lipinski definition) is 3. The van der Waals surface area contributed by atoms with E-state index in [1.807, 2.05) is 37.2 Å². The van der Waals surface area contributed by atoms with Crippen LogP contribution in [0.5, 0.6) is 0 Å². The van der Waals surface area contributed by atoms with Gasteiger partial charge in [0, 0.05) is 18.2 Å². The van der Waals surface area contributed by atoms with Crippen LogP contribution in [0.4, 0.5) is 0 Å². The minimum atomic E-state index is -0.0658. The molecule has 1 saturated carbocycles. The van der Waals surface area contributed by atoms with Crippen LogP contribution in [-0.4, -0.2) is 38.0 Å². The second-order valence-corrected chi connectivity index (χ2v) is 9.11. The summed E-state index contributed by atoms with van der Waals surface area (Å²) < 4.78 is 0. The zero-order chi connectivity index (χ0) is 20.7. The molecule has 2 N–H and O–H groups in total. The molecule has 1 aliphatic carbocycles. The molecular formula is C24H39N3O. The first-order chi connectivity index (χ1) is 13.3. The van der Waals surface area contributed by atoms with E-state index in [-0.39, 0.29) is 11.9 Å². The van der Waals surface area contributed by atoms with Gasteiger partial charge in [0.1, 0.15) is 0 Å². The zero-order valence-corrected chi connectivity index (χ0v) is 18.4. The molecular weight excluding hydrogens is 346 g/mol. The number of carbonyl (C=O) groups excluding carboxylic acids is 1. The molecule has 0 aliphatic heterocycles. The lowest BCUT2D eigenvalue weighted by Gasteiger charge is -2.39. The van der Waals surface area contributed by atoms with Crippen LogP contribution >= 0.6 is 0 Å². The van der Waals surface area contributed by atoms with Crippen molar-refractivity contribution in [1.29, 1.82) is 0 Å². The molecule has 1 aromatic carbocycles. The second kappa shape index (κ2) is 10.7. The maximum Gasteiger partial charge on any atom is 0.234 e. The molecule has 0 aromatic heterocycles. The van der Waals surface area contributed by atoms with Crippen LogP contribution in [-0.2, 0) is 4.79 Å². The Hall–Kier alpha value is -1.81. The monoisotopic (exact) mass is 385 g/mol. The van der Waals surface area contributed by atoms with Crippen LogP contribution in [0.2, 0.25) is 0 Å². The summed E-state index contributed by atoms with van der Waals surface area (Å²) in [4.78, 5) is 14.3. The molecule has 4 nitrogen and oxygen atoms in total. The van der Waals surface area contributed by atoms with E-state index >= 15 is 0 Å². The summed E-state index contributed by atoms with van der Waals surface area (Å²) >= 11 is 0. The van der Waals surface area contributed by atoms with Crippen molar-refractivity contribution in [2.75, 3.05) is 27.2 Å². The first-order valence-electron chi connectivity index (χ1n) is 10.7. The highest BCUT2D eigenvalue weighted by molar-refractivity contribution is 5.78. The van der Waals surface area contributed by atoms with E-state index in [0.717, 1.165) is 17.2 Å². The summed E-state index contributed by atoms with van der Waals surface area (Å²) in [7, 11) is 3.82. The molecule has 0 radical (unpaired) electrons. The van der Waals surface area contributed by atoms with Crippen molar-refractivity contribution in [2.24, 2.45) is 23.7 Å². The fourth-order valence-electron chi connectivity index (χ4n) is 4.43. The van der Waals surface area contributed by atoms with Gasteiger partial charge in [0.05, 0.1) is 12.6 Å². The van der Waals surface area contributed by atoms with Crippen molar-refractivity contribution in [2.45, 2.75) is 46.1 Å². The fourth-order valence-corrected chi connectivity index (χ4v) is 4.43. The number of carbonyl (C=O) groups is 1. The van der Waals surface area contributed by atoms with Gasteiger partial charge in [0.15, 0.2) is 0 Å². The van der Waals surface area contributed by atoms with Gasteiger partial charge in [-0.15, -0.1) is 0 Å². The number of rotatable bonds is 9. The Morgan fingerprint density at radius 3 is 2.50 bits per heavy atom. The number of hydrogen-bond donors (Lipinski definition) is 2. The smallest absolute Gasteiger partial charge is 0.234 e. The summed E-state index contributed by atoms with van der Waals surface area (Å²) in [5.74, 6) is 2.66.